The molecule has 0 spiro atoms. The van der Waals surface area contributed by atoms with E-state index in [2.05, 4.69) is 15.3 Å². The molecule has 0 amide bonds. The first kappa shape index (κ1) is 16.0. The van der Waals surface area contributed by atoms with Crippen molar-refractivity contribution in [3.8, 4) is 5.88 Å². The van der Waals surface area contributed by atoms with Crippen molar-refractivity contribution >= 4 is 29.9 Å². The molecular weight excluding hydrogens is 359 g/mol. The molecule has 0 radical (unpaired) electrons. The van der Waals surface area contributed by atoms with Gasteiger partial charge in [0.1, 0.15) is 6.10 Å². The normalized spacial score (nSPS) is 18.8. The standard InChI is InChI=1S/C12H18N4O2.HI/c1-14-12(13)16-7-9-2-4-15-11(6-9)18-10-3-5-17-8-10;/h2,4,6,10H,3,5,7-8H2,1H3,(H3,13,14,16);1H. The van der Waals surface area contributed by atoms with Crippen LogP contribution in [0.5, 0.6) is 5.88 Å². The van der Waals surface area contributed by atoms with Gasteiger partial charge in [-0.3, -0.25) is 4.99 Å². The zero-order valence-corrected chi connectivity index (χ0v) is 13.2. The van der Waals surface area contributed by atoms with Crippen molar-refractivity contribution in [2.24, 2.45) is 10.7 Å². The minimum Gasteiger partial charge on any atom is -0.472 e. The molecule has 7 heteroatoms. The fourth-order valence-electron chi connectivity index (χ4n) is 1.67. The van der Waals surface area contributed by atoms with Gasteiger partial charge in [-0.25, -0.2) is 4.98 Å². The Bertz CT molecular complexity index is 422. The largest absolute Gasteiger partial charge is 0.472 e. The van der Waals surface area contributed by atoms with Gasteiger partial charge in [0.05, 0.1) is 13.2 Å². The first-order valence-electron chi connectivity index (χ1n) is 5.93. The van der Waals surface area contributed by atoms with Crippen LogP contribution in [0, 0.1) is 0 Å². The van der Waals surface area contributed by atoms with Gasteiger partial charge in [0.2, 0.25) is 5.88 Å². The highest BCUT2D eigenvalue weighted by Gasteiger charge is 2.17. The van der Waals surface area contributed by atoms with Crippen molar-refractivity contribution < 1.29 is 9.47 Å². The highest BCUT2D eigenvalue weighted by molar-refractivity contribution is 14.0. The van der Waals surface area contributed by atoms with Gasteiger partial charge in [-0.1, -0.05) is 0 Å². The van der Waals surface area contributed by atoms with Crippen molar-refractivity contribution in [1.82, 2.24) is 10.3 Å². The Morgan fingerprint density at radius 2 is 2.53 bits per heavy atom. The van der Waals surface area contributed by atoms with E-state index >= 15 is 0 Å². The molecule has 1 fully saturated rings. The molecule has 6 nitrogen and oxygen atoms in total. The highest BCUT2D eigenvalue weighted by Crippen LogP contribution is 2.15. The maximum atomic E-state index is 5.72. The molecule has 0 saturated carbocycles. The number of hydrogen-bond acceptors (Lipinski definition) is 4. The lowest BCUT2D eigenvalue weighted by atomic mass is 10.2. The van der Waals surface area contributed by atoms with Gasteiger partial charge in [0.25, 0.3) is 0 Å². The van der Waals surface area contributed by atoms with Gasteiger partial charge in [-0.2, -0.15) is 0 Å². The number of aromatic nitrogens is 1. The molecule has 1 aromatic heterocycles. The van der Waals surface area contributed by atoms with E-state index in [9.17, 15) is 0 Å². The molecule has 106 valence electrons. The van der Waals surface area contributed by atoms with Crippen LogP contribution >= 0.6 is 24.0 Å². The predicted molar refractivity (Wildman–Crippen MR) is 83.9 cm³/mol. The molecule has 0 bridgehead atoms. The number of guanidine groups is 1. The molecule has 0 aromatic carbocycles. The third-order valence-corrected chi connectivity index (χ3v) is 2.69. The zero-order chi connectivity index (χ0) is 12.8. The highest BCUT2D eigenvalue weighted by atomic mass is 127. The summed E-state index contributed by atoms with van der Waals surface area (Å²) in [6, 6.07) is 3.81. The Labute approximate surface area is 129 Å². The van der Waals surface area contributed by atoms with E-state index in [1.165, 1.54) is 0 Å². The Kier molecular flexibility index (Phi) is 6.85. The second-order valence-corrected chi connectivity index (χ2v) is 4.07. The van der Waals surface area contributed by atoms with Crippen molar-refractivity contribution in [3.05, 3.63) is 23.9 Å². The Balaban J connectivity index is 0.00000180. The molecule has 1 aliphatic rings. The Morgan fingerprint density at radius 3 is 3.21 bits per heavy atom. The van der Waals surface area contributed by atoms with Crippen molar-refractivity contribution in [2.75, 3.05) is 20.3 Å². The minimum absolute atomic E-state index is 0. The Hall–Kier alpha value is -1.09. The van der Waals surface area contributed by atoms with Crippen LogP contribution < -0.4 is 15.8 Å². The van der Waals surface area contributed by atoms with Crippen LogP contribution in [0.1, 0.15) is 12.0 Å². The lowest BCUT2D eigenvalue weighted by molar-refractivity contribution is 0.138. The second kappa shape index (κ2) is 8.16. The number of hydrogen-bond donors (Lipinski definition) is 2. The third kappa shape index (κ3) is 5.19. The van der Waals surface area contributed by atoms with E-state index in [1.807, 2.05) is 12.1 Å². The second-order valence-electron chi connectivity index (χ2n) is 4.07. The number of rotatable bonds is 4. The molecule has 19 heavy (non-hydrogen) atoms. The van der Waals surface area contributed by atoms with Crippen LogP contribution in [0.4, 0.5) is 0 Å². The average molecular weight is 378 g/mol. The number of aliphatic imine (C=N–C) groups is 1. The lowest BCUT2D eigenvalue weighted by Gasteiger charge is -2.11. The zero-order valence-electron chi connectivity index (χ0n) is 10.8. The van der Waals surface area contributed by atoms with Gasteiger partial charge < -0.3 is 20.5 Å². The summed E-state index contributed by atoms with van der Waals surface area (Å²) in [5.41, 5.74) is 6.61. The minimum atomic E-state index is 0. The number of ether oxygens (including phenoxy) is 2. The maximum Gasteiger partial charge on any atom is 0.213 e. The van der Waals surface area contributed by atoms with E-state index < -0.39 is 0 Å². The van der Waals surface area contributed by atoms with Crippen molar-refractivity contribution in [1.29, 1.82) is 0 Å². The fraction of sp³-hybridized carbons (Fsp3) is 0.500. The van der Waals surface area contributed by atoms with Crippen LogP contribution in [-0.2, 0) is 11.3 Å². The molecular formula is C12H19IN4O2. The van der Waals surface area contributed by atoms with E-state index in [4.69, 9.17) is 15.2 Å². The van der Waals surface area contributed by atoms with Crippen LogP contribution in [0.15, 0.2) is 23.3 Å². The summed E-state index contributed by atoms with van der Waals surface area (Å²) in [6.07, 6.45) is 2.75. The summed E-state index contributed by atoms with van der Waals surface area (Å²) in [6.45, 7) is 2.00. The number of pyridine rings is 1. The molecule has 1 unspecified atom stereocenters. The third-order valence-electron chi connectivity index (χ3n) is 2.69. The van der Waals surface area contributed by atoms with Crippen molar-refractivity contribution in [3.63, 3.8) is 0 Å². The van der Waals surface area contributed by atoms with E-state index in [-0.39, 0.29) is 30.1 Å². The smallest absolute Gasteiger partial charge is 0.213 e. The molecule has 0 aliphatic carbocycles. The van der Waals surface area contributed by atoms with Gasteiger partial charge in [0.15, 0.2) is 5.96 Å². The fourth-order valence-corrected chi connectivity index (χ4v) is 1.67. The SMILES string of the molecule is CN=C(N)NCc1ccnc(OC2CCOC2)c1.I. The summed E-state index contributed by atoms with van der Waals surface area (Å²) in [7, 11) is 1.64. The average Bonchev–Trinajstić information content (AvgIpc) is 2.89. The van der Waals surface area contributed by atoms with E-state index in [1.54, 1.807) is 13.2 Å². The molecule has 1 saturated heterocycles. The first-order valence-corrected chi connectivity index (χ1v) is 5.93. The van der Waals surface area contributed by atoms with Gasteiger partial charge in [0, 0.05) is 32.3 Å². The monoisotopic (exact) mass is 378 g/mol. The molecule has 2 heterocycles. The van der Waals surface area contributed by atoms with Gasteiger partial charge >= 0.3 is 0 Å². The first-order chi connectivity index (χ1) is 8.78. The predicted octanol–water partition coefficient (Wildman–Crippen LogP) is 0.901. The molecule has 3 N–H and O–H groups in total. The van der Waals surface area contributed by atoms with Crippen LogP contribution in [0.2, 0.25) is 0 Å². The molecule has 1 aromatic rings. The number of nitrogens with zero attached hydrogens (tertiary/aromatic N) is 2. The molecule has 2 rings (SSSR count). The topological polar surface area (TPSA) is 81.8 Å². The summed E-state index contributed by atoms with van der Waals surface area (Å²) in [5, 5.41) is 2.99. The maximum absolute atomic E-state index is 5.72. The van der Waals surface area contributed by atoms with Gasteiger partial charge in [-0.15, -0.1) is 24.0 Å². The van der Waals surface area contributed by atoms with E-state index in [0.717, 1.165) is 18.6 Å². The number of halogens is 1. The quantitative estimate of drug-likeness (QED) is 0.462. The lowest BCUT2D eigenvalue weighted by Crippen LogP contribution is -2.30. The Morgan fingerprint density at radius 1 is 1.68 bits per heavy atom. The van der Waals surface area contributed by atoms with Gasteiger partial charge in [-0.05, 0) is 11.6 Å². The van der Waals surface area contributed by atoms with Crippen LogP contribution in [0.3, 0.4) is 0 Å². The number of nitrogens with two attached hydrogens (primary N) is 1. The van der Waals surface area contributed by atoms with Crippen LogP contribution in [-0.4, -0.2) is 37.3 Å². The summed E-state index contributed by atoms with van der Waals surface area (Å²) < 4.78 is 11.0. The summed E-state index contributed by atoms with van der Waals surface area (Å²) in [5.74, 6) is 1.04. The van der Waals surface area contributed by atoms with Crippen LogP contribution in [0.25, 0.3) is 0 Å². The summed E-state index contributed by atoms with van der Waals surface area (Å²) in [4.78, 5) is 8.01. The summed E-state index contributed by atoms with van der Waals surface area (Å²) >= 11 is 0. The molecule has 1 atom stereocenters. The number of nitrogens with one attached hydrogen (secondary N) is 1. The molecule has 1 aliphatic heterocycles. The van der Waals surface area contributed by atoms with Crippen molar-refractivity contribution in [2.45, 2.75) is 19.1 Å². The van der Waals surface area contributed by atoms with E-state index in [0.29, 0.717) is 25.0 Å².